The highest BCUT2D eigenvalue weighted by Crippen LogP contribution is 2.25. The second-order valence-corrected chi connectivity index (χ2v) is 4.37. The van der Waals surface area contributed by atoms with Gasteiger partial charge in [-0.3, -0.25) is 5.43 Å². The third-order valence-electron chi connectivity index (χ3n) is 2.37. The first-order valence-corrected chi connectivity index (χ1v) is 5.64. The smallest absolute Gasteiger partial charge is 0.210 e. The number of aryl methyl sites for hydroxylation is 1. The Morgan fingerprint density at radius 2 is 2.25 bits per heavy atom. The van der Waals surface area contributed by atoms with Gasteiger partial charge in [-0.2, -0.15) is 0 Å². The second-order valence-electron chi connectivity index (χ2n) is 3.96. The van der Waals surface area contributed by atoms with Crippen LogP contribution in [0, 0.1) is 6.92 Å². The van der Waals surface area contributed by atoms with Crippen molar-refractivity contribution in [3.05, 3.63) is 28.8 Å². The van der Waals surface area contributed by atoms with Crippen molar-refractivity contribution in [1.29, 1.82) is 0 Å². The third-order valence-corrected chi connectivity index (χ3v) is 2.69. The van der Waals surface area contributed by atoms with E-state index in [2.05, 4.69) is 15.7 Å². The van der Waals surface area contributed by atoms with E-state index in [1.54, 1.807) is 0 Å². The van der Waals surface area contributed by atoms with E-state index in [1.807, 2.05) is 25.1 Å². The van der Waals surface area contributed by atoms with Gasteiger partial charge in [0, 0.05) is 0 Å². The lowest BCUT2D eigenvalue weighted by Gasteiger charge is -2.10. The molecule has 0 spiro atoms. The zero-order valence-corrected chi connectivity index (χ0v) is 9.88. The predicted molar refractivity (Wildman–Crippen MR) is 67.6 cm³/mol. The number of benzene rings is 1. The Morgan fingerprint density at radius 3 is 2.81 bits per heavy atom. The minimum Gasteiger partial charge on any atom is -0.324 e. The average Bonchev–Trinajstić information content (AvgIpc) is 3.04. The second kappa shape index (κ2) is 4.72. The van der Waals surface area contributed by atoms with Gasteiger partial charge in [0.25, 0.3) is 0 Å². The van der Waals surface area contributed by atoms with E-state index >= 15 is 0 Å². The Kier molecular flexibility index (Phi) is 3.31. The molecule has 5 heteroatoms. The number of halogens is 1. The molecule has 4 nitrogen and oxygen atoms in total. The van der Waals surface area contributed by atoms with E-state index in [0.29, 0.717) is 17.0 Å². The van der Waals surface area contributed by atoms with Crippen molar-refractivity contribution in [3.8, 4) is 0 Å². The highest BCUT2D eigenvalue weighted by atomic mass is 35.5. The minimum atomic E-state index is 0.405. The van der Waals surface area contributed by atoms with Gasteiger partial charge >= 0.3 is 0 Å². The molecule has 0 aliphatic heterocycles. The van der Waals surface area contributed by atoms with Gasteiger partial charge < -0.3 is 5.32 Å². The molecule has 0 heterocycles. The average molecular weight is 239 g/mol. The summed E-state index contributed by atoms with van der Waals surface area (Å²) < 4.78 is 0. The Bertz CT molecular complexity index is 412. The molecule has 16 heavy (non-hydrogen) atoms. The van der Waals surface area contributed by atoms with E-state index < -0.39 is 0 Å². The van der Waals surface area contributed by atoms with E-state index in [-0.39, 0.29) is 0 Å². The molecule has 0 atom stereocenters. The lowest BCUT2D eigenvalue weighted by molar-refractivity contribution is 0.966. The molecule has 1 saturated carbocycles. The molecule has 2 rings (SSSR count). The van der Waals surface area contributed by atoms with Crippen molar-refractivity contribution in [2.45, 2.75) is 25.8 Å². The van der Waals surface area contributed by atoms with Gasteiger partial charge in [-0.25, -0.2) is 10.8 Å². The summed E-state index contributed by atoms with van der Waals surface area (Å²) in [4.78, 5) is 4.38. The topological polar surface area (TPSA) is 62.4 Å². The van der Waals surface area contributed by atoms with Crippen LogP contribution in [0.5, 0.6) is 0 Å². The number of anilines is 1. The Labute approximate surface area is 99.9 Å². The first kappa shape index (κ1) is 11.2. The fraction of sp³-hybridized carbons (Fsp3) is 0.364. The largest absolute Gasteiger partial charge is 0.324 e. The Hall–Kier alpha value is -1.26. The summed E-state index contributed by atoms with van der Waals surface area (Å²) >= 11 is 6.10. The number of nitrogens with zero attached hydrogens (tertiary/aromatic N) is 1. The van der Waals surface area contributed by atoms with Crippen LogP contribution in [0.2, 0.25) is 5.02 Å². The molecule has 1 aromatic rings. The first-order valence-electron chi connectivity index (χ1n) is 5.26. The summed E-state index contributed by atoms with van der Waals surface area (Å²) in [6, 6.07) is 6.20. The quantitative estimate of drug-likeness (QED) is 0.320. The van der Waals surface area contributed by atoms with E-state index in [1.165, 1.54) is 0 Å². The van der Waals surface area contributed by atoms with Crippen molar-refractivity contribution in [2.24, 2.45) is 10.8 Å². The van der Waals surface area contributed by atoms with Crippen molar-refractivity contribution in [2.75, 3.05) is 5.32 Å². The van der Waals surface area contributed by atoms with Gasteiger partial charge in [0.2, 0.25) is 5.96 Å². The highest BCUT2D eigenvalue weighted by molar-refractivity contribution is 6.33. The van der Waals surface area contributed by atoms with Crippen LogP contribution in [0.4, 0.5) is 5.69 Å². The summed E-state index contributed by atoms with van der Waals surface area (Å²) in [5.41, 5.74) is 4.48. The standard InChI is InChI=1S/C11H15ClN4/c1-7-2-5-10(9(12)6-7)15-11(16-13)14-8-3-4-8/h2,5-6,8H,3-4,13H2,1H3,(H2,14,15,16). The number of hydrogen-bond donors (Lipinski definition) is 3. The summed E-state index contributed by atoms with van der Waals surface area (Å²) in [6.07, 6.45) is 2.27. The van der Waals surface area contributed by atoms with Crippen molar-refractivity contribution in [3.63, 3.8) is 0 Å². The number of nitrogens with two attached hydrogens (primary N) is 1. The van der Waals surface area contributed by atoms with Crippen molar-refractivity contribution < 1.29 is 0 Å². The molecule has 4 N–H and O–H groups in total. The maximum absolute atomic E-state index is 6.10. The van der Waals surface area contributed by atoms with Crippen molar-refractivity contribution >= 4 is 23.2 Å². The lowest BCUT2D eigenvalue weighted by atomic mass is 10.2. The van der Waals surface area contributed by atoms with E-state index in [0.717, 1.165) is 24.1 Å². The number of rotatable bonds is 2. The van der Waals surface area contributed by atoms with Crippen LogP contribution >= 0.6 is 11.6 Å². The summed E-state index contributed by atoms with van der Waals surface area (Å²) in [7, 11) is 0. The Morgan fingerprint density at radius 1 is 1.50 bits per heavy atom. The highest BCUT2D eigenvalue weighted by Gasteiger charge is 2.21. The molecule has 1 aromatic carbocycles. The predicted octanol–water partition coefficient (Wildman–Crippen LogP) is 2.04. The molecule has 0 amide bonds. The van der Waals surface area contributed by atoms with E-state index in [4.69, 9.17) is 17.4 Å². The number of nitrogens with one attached hydrogen (secondary N) is 2. The number of hydrazine groups is 1. The monoisotopic (exact) mass is 238 g/mol. The molecular weight excluding hydrogens is 224 g/mol. The van der Waals surface area contributed by atoms with Crippen LogP contribution in [0.1, 0.15) is 18.4 Å². The van der Waals surface area contributed by atoms with Gasteiger partial charge in [-0.15, -0.1) is 0 Å². The molecular formula is C11H15ClN4. The molecule has 1 fully saturated rings. The maximum Gasteiger partial charge on any atom is 0.210 e. The zero-order valence-electron chi connectivity index (χ0n) is 9.13. The van der Waals surface area contributed by atoms with Gasteiger partial charge in [0.15, 0.2) is 0 Å². The van der Waals surface area contributed by atoms with Gasteiger partial charge in [0.05, 0.1) is 16.8 Å². The Balaban J connectivity index is 2.12. The van der Waals surface area contributed by atoms with Crippen LogP contribution in [0.15, 0.2) is 23.2 Å². The summed E-state index contributed by atoms with van der Waals surface area (Å²) in [5.74, 6) is 5.95. The van der Waals surface area contributed by atoms with Crippen LogP contribution in [-0.2, 0) is 0 Å². The number of aliphatic imine (C=N–C) groups is 1. The van der Waals surface area contributed by atoms with Crippen LogP contribution in [0.25, 0.3) is 0 Å². The molecule has 0 radical (unpaired) electrons. The minimum absolute atomic E-state index is 0.405. The van der Waals surface area contributed by atoms with Crippen LogP contribution in [-0.4, -0.2) is 12.0 Å². The van der Waals surface area contributed by atoms with Crippen molar-refractivity contribution in [1.82, 2.24) is 5.43 Å². The number of guanidine groups is 1. The molecule has 86 valence electrons. The van der Waals surface area contributed by atoms with Gasteiger partial charge in [-0.1, -0.05) is 17.7 Å². The SMILES string of the molecule is Cc1ccc(NC(=NC2CC2)NN)c(Cl)c1. The van der Waals surface area contributed by atoms with Gasteiger partial charge in [-0.05, 0) is 37.5 Å². The molecule has 1 aliphatic carbocycles. The molecule has 0 bridgehead atoms. The summed E-state index contributed by atoms with van der Waals surface area (Å²) in [6.45, 7) is 2.00. The van der Waals surface area contributed by atoms with E-state index in [9.17, 15) is 0 Å². The molecule has 1 aliphatic rings. The molecule has 0 unspecified atom stereocenters. The van der Waals surface area contributed by atoms with Crippen LogP contribution < -0.4 is 16.6 Å². The fourth-order valence-electron chi connectivity index (χ4n) is 1.34. The fourth-order valence-corrected chi connectivity index (χ4v) is 1.62. The van der Waals surface area contributed by atoms with Gasteiger partial charge in [0.1, 0.15) is 0 Å². The summed E-state index contributed by atoms with van der Waals surface area (Å²) in [5, 5.41) is 3.74. The maximum atomic E-state index is 6.10. The normalized spacial score (nSPS) is 16.1. The first-order chi connectivity index (χ1) is 7.69. The third kappa shape index (κ3) is 2.87. The molecule has 0 saturated heterocycles. The zero-order chi connectivity index (χ0) is 11.5. The number of hydrogen-bond acceptors (Lipinski definition) is 2. The van der Waals surface area contributed by atoms with Crippen LogP contribution in [0.3, 0.4) is 0 Å². The molecule has 0 aromatic heterocycles. The lowest BCUT2D eigenvalue weighted by Crippen LogP contribution is -2.36.